The highest BCUT2D eigenvalue weighted by Crippen LogP contribution is 2.49. The molecule has 0 aromatic heterocycles. The third kappa shape index (κ3) is 5.56. The van der Waals surface area contributed by atoms with Crippen LogP contribution in [0.1, 0.15) is 48.3 Å². The maximum atomic E-state index is 13.9. The number of halogens is 1. The van der Waals surface area contributed by atoms with Gasteiger partial charge in [-0.25, -0.2) is 4.79 Å². The Morgan fingerprint density at radius 1 is 0.950 bits per heavy atom. The molecule has 0 bridgehead atoms. The average Bonchev–Trinajstić information content (AvgIpc) is 2.97. The molecule has 3 aromatic rings. The van der Waals surface area contributed by atoms with E-state index in [9.17, 15) is 9.59 Å². The largest absolute Gasteiger partial charge is 0.493 e. The van der Waals surface area contributed by atoms with E-state index in [-0.39, 0.29) is 18.3 Å². The second-order valence-corrected chi connectivity index (χ2v) is 10.9. The van der Waals surface area contributed by atoms with Gasteiger partial charge in [0.05, 0.1) is 26.4 Å². The monoisotopic (exact) mass is 601 g/mol. The third-order valence-corrected chi connectivity index (χ3v) is 8.29. The number of rotatable bonds is 8. The highest BCUT2D eigenvalue weighted by Gasteiger charge is 2.42. The normalized spacial score (nSPS) is 18.6. The first kappa shape index (κ1) is 27.7. The lowest BCUT2D eigenvalue weighted by molar-refractivity contribution is -0.139. The van der Waals surface area contributed by atoms with Crippen molar-refractivity contribution in [3.63, 3.8) is 0 Å². The van der Waals surface area contributed by atoms with Gasteiger partial charge in [0, 0.05) is 40.2 Å². The zero-order valence-corrected chi connectivity index (χ0v) is 24.4. The zero-order valence-electron chi connectivity index (χ0n) is 22.8. The van der Waals surface area contributed by atoms with E-state index in [1.807, 2.05) is 67.6 Å². The molecule has 2 atom stereocenters. The van der Waals surface area contributed by atoms with E-state index >= 15 is 0 Å². The molecule has 1 N–H and O–H groups in total. The van der Waals surface area contributed by atoms with Gasteiger partial charge < -0.3 is 19.5 Å². The fraction of sp³-hybridized carbons (Fsp3) is 0.273. The van der Waals surface area contributed by atoms with Gasteiger partial charge >= 0.3 is 5.97 Å². The molecule has 7 heteroatoms. The molecule has 0 amide bonds. The van der Waals surface area contributed by atoms with Gasteiger partial charge in [0.25, 0.3) is 0 Å². The number of Topliss-reactive ketones (excluding diaryl/α,β-unsaturated/α-hetero) is 1. The molecule has 5 rings (SSSR count). The third-order valence-electron chi connectivity index (χ3n) is 7.60. The number of ketones is 1. The zero-order chi connectivity index (χ0) is 28.2. The molecule has 1 heterocycles. The van der Waals surface area contributed by atoms with E-state index in [0.29, 0.717) is 52.1 Å². The minimum absolute atomic E-state index is 0.0105. The van der Waals surface area contributed by atoms with Crippen LogP contribution < -0.4 is 14.8 Å². The van der Waals surface area contributed by atoms with Crippen LogP contribution in [0.5, 0.6) is 11.5 Å². The Morgan fingerprint density at radius 2 is 1.60 bits per heavy atom. The van der Waals surface area contributed by atoms with Gasteiger partial charge in [0.2, 0.25) is 0 Å². The van der Waals surface area contributed by atoms with Gasteiger partial charge in [0.15, 0.2) is 17.3 Å². The molecule has 1 aliphatic heterocycles. The quantitative estimate of drug-likeness (QED) is 0.293. The van der Waals surface area contributed by atoms with Gasteiger partial charge in [-0.05, 0) is 48.1 Å². The van der Waals surface area contributed by atoms with Crippen molar-refractivity contribution in [2.24, 2.45) is 0 Å². The standard InChI is InChI=1S/C33H32BrNO5/c1-20-30(33(37)40-15-14-21-10-6-4-7-11-21)31(24-18-28(38-2)29(39-3)19-25(24)34)32-26(35-20)16-23(17-27(32)36)22-12-8-5-9-13-22/h4-13,18-19,23,31,35H,14-17H2,1-3H3. The van der Waals surface area contributed by atoms with E-state index < -0.39 is 11.9 Å². The second-order valence-electron chi connectivity index (χ2n) is 10.0. The summed E-state index contributed by atoms with van der Waals surface area (Å²) in [5, 5.41) is 3.42. The van der Waals surface area contributed by atoms with Crippen LogP contribution in [0.4, 0.5) is 0 Å². The fourth-order valence-corrected chi connectivity index (χ4v) is 6.21. The van der Waals surface area contributed by atoms with Crippen molar-refractivity contribution in [1.82, 2.24) is 5.32 Å². The van der Waals surface area contributed by atoms with E-state index in [1.165, 1.54) is 0 Å². The number of carbonyl (C=O) groups excluding carboxylic acids is 2. The van der Waals surface area contributed by atoms with E-state index in [4.69, 9.17) is 14.2 Å². The van der Waals surface area contributed by atoms with Gasteiger partial charge in [-0.1, -0.05) is 76.6 Å². The molecular weight excluding hydrogens is 570 g/mol. The van der Waals surface area contributed by atoms with Crippen LogP contribution in [0.2, 0.25) is 0 Å². The summed E-state index contributed by atoms with van der Waals surface area (Å²) >= 11 is 3.69. The van der Waals surface area contributed by atoms with Crippen molar-refractivity contribution >= 4 is 27.7 Å². The number of nitrogens with one attached hydrogen (secondary N) is 1. The van der Waals surface area contributed by atoms with Crippen LogP contribution in [-0.2, 0) is 20.7 Å². The molecule has 206 valence electrons. The van der Waals surface area contributed by atoms with Gasteiger partial charge in [0.1, 0.15) is 0 Å². The molecule has 0 saturated carbocycles. The van der Waals surface area contributed by atoms with Crippen LogP contribution in [0.3, 0.4) is 0 Å². The molecule has 0 saturated heterocycles. The minimum atomic E-state index is -0.626. The summed E-state index contributed by atoms with van der Waals surface area (Å²) in [6, 6.07) is 23.6. The molecule has 1 aliphatic carbocycles. The first-order valence-electron chi connectivity index (χ1n) is 13.3. The number of carbonyl (C=O) groups is 2. The summed E-state index contributed by atoms with van der Waals surface area (Å²) < 4.78 is 17.6. The van der Waals surface area contributed by atoms with Crippen molar-refractivity contribution in [3.8, 4) is 11.5 Å². The second kappa shape index (κ2) is 12.1. The maximum Gasteiger partial charge on any atom is 0.336 e. The molecule has 3 aromatic carbocycles. The van der Waals surface area contributed by atoms with E-state index in [2.05, 4.69) is 33.4 Å². The smallest absolute Gasteiger partial charge is 0.336 e. The fourth-order valence-electron chi connectivity index (χ4n) is 5.66. The number of esters is 1. The predicted octanol–water partition coefficient (Wildman–Crippen LogP) is 6.61. The van der Waals surface area contributed by atoms with Crippen molar-refractivity contribution in [2.45, 2.75) is 38.0 Å². The van der Waals surface area contributed by atoms with Crippen molar-refractivity contribution in [2.75, 3.05) is 20.8 Å². The highest BCUT2D eigenvalue weighted by molar-refractivity contribution is 9.10. The van der Waals surface area contributed by atoms with Crippen molar-refractivity contribution in [3.05, 3.63) is 116 Å². The summed E-state index contributed by atoms with van der Waals surface area (Å²) in [6.45, 7) is 2.10. The van der Waals surface area contributed by atoms with Crippen LogP contribution in [0, 0.1) is 0 Å². The van der Waals surface area contributed by atoms with Gasteiger partial charge in [-0.15, -0.1) is 0 Å². The summed E-state index contributed by atoms with van der Waals surface area (Å²) in [5.41, 5.74) is 5.49. The Hall–Kier alpha value is -3.84. The number of hydrogen-bond acceptors (Lipinski definition) is 6. The van der Waals surface area contributed by atoms with Crippen LogP contribution in [0.15, 0.2) is 99.8 Å². The molecule has 2 aliphatic rings. The number of dihydropyridines is 1. The van der Waals surface area contributed by atoms with Crippen LogP contribution in [0.25, 0.3) is 0 Å². The molecule has 0 spiro atoms. The highest BCUT2D eigenvalue weighted by atomic mass is 79.9. The molecule has 0 fully saturated rings. The average molecular weight is 603 g/mol. The molecule has 0 radical (unpaired) electrons. The lowest BCUT2D eigenvalue weighted by Gasteiger charge is -2.37. The Morgan fingerprint density at radius 3 is 2.27 bits per heavy atom. The molecule has 2 unspecified atom stereocenters. The van der Waals surface area contributed by atoms with Crippen molar-refractivity contribution < 1.29 is 23.8 Å². The predicted molar refractivity (Wildman–Crippen MR) is 157 cm³/mol. The number of benzene rings is 3. The maximum absolute atomic E-state index is 13.9. The Bertz CT molecular complexity index is 1480. The van der Waals surface area contributed by atoms with Gasteiger partial charge in [-0.2, -0.15) is 0 Å². The Labute approximate surface area is 243 Å². The summed E-state index contributed by atoms with van der Waals surface area (Å²) in [4.78, 5) is 27.6. The molecule has 6 nitrogen and oxygen atoms in total. The summed E-state index contributed by atoms with van der Waals surface area (Å²) in [5.74, 6) is 0.0586. The van der Waals surface area contributed by atoms with E-state index in [1.54, 1.807) is 14.2 Å². The first-order chi connectivity index (χ1) is 19.4. The summed E-state index contributed by atoms with van der Waals surface area (Å²) in [7, 11) is 3.14. The molecular formula is C33H32BrNO5. The van der Waals surface area contributed by atoms with Crippen LogP contribution >= 0.6 is 15.9 Å². The number of allylic oxidation sites excluding steroid dienone is 3. The lowest BCUT2D eigenvalue weighted by atomic mass is 9.71. The lowest BCUT2D eigenvalue weighted by Crippen LogP contribution is -2.36. The first-order valence-corrected chi connectivity index (χ1v) is 14.1. The Balaban J connectivity index is 1.54. The topological polar surface area (TPSA) is 73.9 Å². The van der Waals surface area contributed by atoms with Crippen molar-refractivity contribution in [1.29, 1.82) is 0 Å². The number of ether oxygens (including phenoxy) is 3. The van der Waals surface area contributed by atoms with Crippen LogP contribution in [-0.4, -0.2) is 32.6 Å². The minimum Gasteiger partial charge on any atom is -0.493 e. The number of methoxy groups -OCH3 is 2. The summed E-state index contributed by atoms with van der Waals surface area (Å²) in [6.07, 6.45) is 1.63. The SMILES string of the molecule is COc1cc(Br)c(C2C(C(=O)OCCc3ccccc3)=C(C)NC3=C2C(=O)CC(c2ccccc2)C3)cc1OC. The van der Waals surface area contributed by atoms with Gasteiger partial charge in [-0.3, -0.25) is 4.79 Å². The number of hydrogen-bond donors (Lipinski definition) is 1. The molecule has 40 heavy (non-hydrogen) atoms. The van der Waals surface area contributed by atoms with E-state index in [0.717, 1.165) is 22.4 Å². The Kier molecular flexibility index (Phi) is 8.40.